The Morgan fingerprint density at radius 3 is 1.08 bits per heavy atom. The number of ether oxygens (including phenoxy) is 2. The maximum atomic E-state index is 13.1. The molecule has 6 rings (SSSR count). The summed E-state index contributed by atoms with van der Waals surface area (Å²) in [5.41, 5.74) is 2.47. The van der Waals surface area contributed by atoms with E-state index >= 15 is 0 Å². The summed E-state index contributed by atoms with van der Waals surface area (Å²) < 4.78 is 169. The number of fused-ring (bicyclic) bond motifs is 1. The van der Waals surface area contributed by atoms with E-state index in [9.17, 15) is 72.5 Å². The number of aliphatic hydroxyl groups is 2. The van der Waals surface area contributed by atoms with E-state index in [1.165, 1.54) is 17.0 Å². The van der Waals surface area contributed by atoms with E-state index in [1.807, 2.05) is 71.9 Å². The number of halogens is 12. The molecule has 0 bridgehead atoms. The monoisotopic (exact) mass is 1220 g/mol. The number of nitrogens with two attached hydrogens (primary N) is 1. The van der Waals surface area contributed by atoms with Crippen LogP contribution in [0.5, 0.6) is 11.5 Å². The van der Waals surface area contributed by atoms with E-state index in [1.54, 1.807) is 62.4 Å². The van der Waals surface area contributed by atoms with Gasteiger partial charge in [0, 0.05) is 17.4 Å². The molecule has 1 aliphatic rings. The van der Waals surface area contributed by atoms with Crippen LogP contribution >= 0.6 is 0 Å². The van der Waals surface area contributed by atoms with Gasteiger partial charge in [-0.25, -0.2) is 0 Å². The van der Waals surface area contributed by atoms with Crippen molar-refractivity contribution in [1.29, 1.82) is 0 Å². The van der Waals surface area contributed by atoms with Gasteiger partial charge in [0.05, 0.1) is 24.3 Å². The maximum Gasteiger partial charge on any atom is 0.430 e. The zero-order chi connectivity index (χ0) is 64.3. The number of nitrogens with zero attached hydrogens (tertiary/aromatic N) is 1. The molecule has 0 saturated heterocycles. The number of unbranched alkanes of at least 4 members (excludes halogenated alkanes) is 4. The number of amides is 2. The van der Waals surface area contributed by atoms with Crippen LogP contribution in [-0.4, -0.2) is 89.1 Å². The Labute approximate surface area is 495 Å². The largest absolute Gasteiger partial charge is 0.493 e. The van der Waals surface area contributed by atoms with E-state index in [2.05, 4.69) is 6.07 Å². The predicted octanol–water partition coefficient (Wildman–Crippen LogP) is 16.9. The van der Waals surface area contributed by atoms with E-state index in [4.69, 9.17) is 15.2 Å². The molecule has 20 heteroatoms. The first-order valence-corrected chi connectivity index (χ1v) is 28.6. The Bertz CT molecular complexity index is 3110. The van der Waals surface area contributed by atoms with Crippen LogP contribution in [0.2, 0.25) is 0 Å². The average Bonchev–Trinajstić information content (AvgIpc) is 1.42. The van der Waals surface area contributed by atoms with Crippen molar-refractivity contribution in [3.8, 4) is 11.5 Å². The average molecular weight is 1220 g/mol. The van der Waals surface area contributed by atoms with Gasteiger partial charge in [-0.1, -0.05) is 113 Å². The summed E-state index contributed by atoms with van der Waals surface area (Å²) in [6.45, 7) is 17.3. The minimum absolute atomic E-state index is 0.121. The summed E-state index contributed by atoms with van der Waals surface area (Å²) in [5.74, 6) is 0.973. The molecule has 1 heterocycles. The molecule has 5 aromatic carbocycles. The quantitative estimate of drug-likeness (QED) is 0.0302. The number of imide groups is 1. The van der Waals surface area contributed by atoms with Gasteiger partial charge in [-0.2, -0.15) is 52.7 Å². The molecule has 0 spiro atoms. The van der Waals surface area contributed by atoms with Crippen molar-refractivity contribution in [2.45, 2.75) is 166 Å². The van der Waals surface area contributed by atoms with Crippen molar-refractivity contribution < 1.29 is 82.0 Å². The van der Waals surface area contributed by atoms with Gasteiger partial charge in [0.15, 0.2) is 0 Å². The molecule has 470 valence electrons. The molecule has 8 nitrogen and oxygen atoms in total. The number of aryl methyl sites for hydroxylation is 4. The summed E-state index contributed by atoms with van der Waals surface area (Å²) in [6.07, 6.45) is -15.1. The van der Waals surface area contributed by atoms with Crippen LogP contribution in [0.3, 0.4) is 0 Å². The standard InChI is InChI=1S/C37H39F6NO4.C29H37F6NO2/c1-5-34(6-2,27-15-14-26(24(3)22-27)18-19-35(47,36(38,39)40)37(41,42)43)28-16-17-31(25(4)23-28)48-21-11-7-10-20-44-32(45)29-12-8-9-13-30(29)33(44)46;1-5-26(6-2,24-12-13-25(21(4)19-24)38-17-9-7-8-16-36)23-11-10-22(20(3)18-23)14-15-27(37,28(30,31)32)29(33,34)35/h8-9,12-19,22-23,47H,5-7,10-11,20-21H2,1-4H3;10-15,18-19,37H,5-9,16-17,36H2,1-4H3/b19-18+;15-14+. The van der Waals surface area contributed by atoms with Gasteiger partial charge >= 0.3 is 24.7 Å². The van der Waals surface area contributed by atoms with Gasteiger partial charge in [0.1, 0.15) is 11.5 Å². The van der Waals surface area contributed by atoms with Crippen molar-refractivity contribution in [1.82, 2.24) is 4.90 Å². The predicted molar refractivity (Wildman–Crippen MR) is 309 cm³/mol. The molecule has 5 aromatic rings. The number of hydrogen-bond acceptors (Lipinski definition) is 7. The normalized spacial score (nSPS) is 13.9. The third-order valence-electron chi connectivity index (χ3n) is 16.5. The first-order valence-electron chi connectivity index (χ1n) is 28.6. The fourth-order valence-electron chi connectivity index (χ4n) is 10.9. The summed E-state index contributed by atoms with van der Waals surface area (Å²) in [6, 6.07) is 28.6. The fraction of sp³-hybridized carbons (Fsp3) is 0.455. The third-order valence-corrected chi connectivity index (χ3v) is 16.5. The van der Waals surface area contributed by atoms with Crippen LogP contribution in [0.25, 0.3) is 12.2 Å². The molecule has 0 aromatic heterocycles. The molecule has 0 fully saturated rings. The highest BCUT2D eigenvalue weighted by atomic mass is 19.4. The lowest BCUT2D eigenvalue weighted by Crippen LogP contribution is -2.55. The highest BCUT2D eigenvalue weighted by Gasteiger charge is 2.70. The summed E-state index contributed by atoms with van der Waals surface area (Å²) in [5, 5.41) is 18.9. The summed E-state index contributed by atoms with van der Waals surface area (Å²) in [4.78, 5) is 26.4. The Balaban J connectivity index is 0.000000323. The number of rotatable bonds is 25. The van der Waals surface area contributed by atoms with Gasteiger partial charge in [0.2, 0.25) is 0 Å². The number of carbonyl (C=O) groups is 2. The van der Waals surface area contributed by atoms with E-state index < -0.39 is 46.7 Å². The molecule has 1 aliphatic heterocycles. The Kier molecular flexibility index (Phi) is 23.2. The van der Waals surface area contributed by atoms with E-state index in [0.717, 1.165) is 84.1 Å². The lowest BCUT2D eigenvalue weighted by atomic mass is 9.70. The lowest BCUT2D eigenvalue weighted by molar-refractivity contribution is -0.348. The second kappa shape index (κ2) is 28.5. The Morgan fingerprint density at radius 2 is 0.779 bits per heavy atom. The Morgan fingerprint density at radius 1 is 0.453 bits per heavy atom. The smallest absolute Gasteiger partial charge is 0.430 e. The Hall–Kier alpha value is -6.64. The van der Waals surface area contributed by atoms with Crippen LogP contribution in [-0.2, 0) is 10.8 Å². The van der Waals surface area contributed by atoms with Gasteiger partial charge < -0.3 is 25.4 Å². The SMILES string of the molecule is CCC(CC)(c1ccc(/C=C/C(O)(C(F)(F)F)C(F)(F)F)c(C)c1)c1ccc(OCCCCCN)c(C)c1.CCC(CC)(c1ccc(/C=C/C(O)(C(F)(F)F)C(F)(F)F)c(C)c1)c1ccc(OCCCCCN2C(=O)c3ccccc3C2=O)c(C)c1. The first-order chi connectivity index (χ1) is 40.2. The molecule has 0 aliphatic carbocycles. The second-order valence-corrected chi connectivity index (χ2v) is 21.8. The van der Waals surface area contributed by atoms with Crippen LogP contribution in [0.4, 0.5) is 52.7 Å². The van der Waals surface area contributed by atoms with Crippen LogP contribution in [0.1, 0.15) is 168 Å². The summed E-state index contributed by atoms with van der Waals surface area (Å²) >= 11 is 0. The van der Waals surface area contributed by atoms with Crippen molar-refractivity contribution >= 4 is 24.0 Å². The zero-order valence-electron chi connectivity index (χ0n) is 49.5. The molecule has 2 amide bonds. The molecular formula is C66H76F12N2O6. The fourth-order valence-corrected chi connectivity index (χ4v) is 10.9. The molecule has 0 atom stereocenters. The molecule has 0 unspecified atom stereocenters. The molecular weight excluding hydrogens is 1140 g/mol. The number of benzene rings is 5. The number of carbonyl (C=O) groups excluding carboxylic acids is 2. The molecule has 0 radical (unpaired) electrons. The molecule has 4 N–H and O–H groups in total. The van der Waals surface area contributed by atoms with Crippen molar-refractivity contribution in [2.24, 2.45) is 5.73 Å². The van der Waals surface area contributed by atoms with Crippen molar-refractivity contribution in [3.05, 3.63) is 176 Å². The van der Waals surface area contributed by atoms with Crippen molar-refractivity contribution in [2.75, 3.05) is 26.3 Å². The first kappa shape index (κ1) is 70.1. The van der Waals surface area contributed by atoms with Crippen LogP contribution in [0.15, 0.2) is 109 Å². The van der Waals surface area contributed by atoms with Gasteiger partial charge in [-0.05, 0) is 190 Å². The van der Waals surface area contributed by atoms with Gasteiger partial charge in [-0.3, -0.25) is 14.5 Å². The highest BCUT2D eigenvalue weighted by Crippen LogP contribution is 2.47. The minimum Gasteiger partial charge on any atom is -0.493 e. The number of hydrogen-bond donors (Lipinski definition) is 3. The van der Waals surface area contributed by atoms with E-state index in [-0.39, 0.29) is 35.1 Å². The minimum atomic E-state index is -5.94. The second-order valence-electron chi connectivity index (χ2n) is 21.8. The van der Waals surface area contributed by atoms with Crippen LogP contribution in [0, 0.1) is 27.7 Å². The third kappa shape index (κ3) is 15.2. The van der Waals surface area contributed by atoms with E-state index in [0.29, 0.717) is 85.7 Å². The zero-order valence-corrected chi connectivity index (χ0v) is 49.5. The lowest BCUT2D eigenvalue weighted by Gasteiger charge is -2.34. The van der Waals surface area contributed by atoms with Gasteiger partial charge in [-0.15, -0.1) is 0 Å². The number of alkyl halides is 12. The molecule has 0 saturated carbocycles. The summed E-state index contributed by atoms with van der Waals surface area (Å²) in [7, 11) is 0. The maximum absolute atomic E-state index is 13.1. The topological polar surface area (TPSA) is 122 Å². The highest BCUT2D eigenvalue weighted by molar-refractivity contribution is 6.21. The van der Waals surface area contributed by atoms with Gasteiger partial charge in [0.25, 0.3) is 23.0 Å². The van der Waals surface area contributed by atoms with Crippen LogP contribution < -0.4 is 15.2 Å². The molecule has 86 heavy (non-hydrogen) atoms. The van der Waals surface area contributed by atoms with Crippen molar-refractivity contribution in [3.63, 3.8) is 0 Å².